The number of H-pyrrole nitrogens is 2. The summed E-state index contributed by atoms with van der Waals surface area (Å²) in [6, 6.07) is 14.4. The monoisotopic (exact) mass is 477 g/mol. The number of halogens is 1. The van der Waals surface area contributed by atoms with Crippen molar-refractivity contribution in [3.8, 4) is 5.75 Å². The molecule has 4 aromatic rings. The van der Waals surface area contributed by atoms with Crippen LogP contribution < -0.4 is 10.3 Å². The summed E-state index contributed by atoms with van der Waals surface area (Å²) < 4.78 is 7.18. The van der Waals surface area contributed by atoms with E-state index in [0.29, 0.717) is 22.0 Å². The van der Waals surface area contributed by atoms with Crippen LogP contribution in [0.25, 0.3) is 10.9 Å². The van der Waals surface area contributed by atoms with Gasteiger partial charge in [0.15, 0.2) is 5.78 Å². The third kappa shape index (κ3) is 4.07. The molecule has 1 fully saturated rings. The first-order chi connectivity index (χ1) is 16.5. The lowest BCUT2D eigenvalue weighted by Gasteiger charge is -2.22. The molecule has 0 radical (unpaired) electrons. The number of Topliss-reactive ketones (excluding diaryl/α,β-unsaturated/α-hetero) is 1. The van der Waals surface area contributed by atoms with Gasteiger partial charge < -0.3 is 9.72 Å². The molecule has 1 aliphatic rings. The molecule has 2 aromatic carbocycles. The van der Waals surface area contributed by atoms with Crippen LogP contribution in [0, 0.1) is 6.92 Å². The van der Waals surface area contributed by atoms with Crippen LogP contribution in [0.15, 0.2) is 53.3 Å². The second-order valence-electron chi connectivity index (χ2n) is 9.09. The lowest BCUT2D eigenvalue weighted by atomic mass is 9.86. The zero-order chi connectivity index (χ0) is 23.8. The number of aromatic amines is 2. The van der Waals surface area contributed by atoms with Crippen molar-refractivity contribution >= 4 is 28.3 Å². The molecule has 6 nitrogen and oxygen atoms in total. The molecule has 1 unspecified atom stereocenters. The minimum atomic E-state index is -0.681. The van der Waals surface area contributed by atoms with Crippen molar-refractivity contribution in [3.63, 3.8) is 0 Å². The lowest BCUT2D eigenvalue weighted by Crippen LogP contribution is -2.24. The normalized spacial score (nSPS) is 15.5. The predicted molar refractivity (Wildman–Crippen MR) is 134 cm³/mol. The maximum absolute atomic E-state index is 14.0. The first-order valence-corrected chi connectivity index (χ1v) is 12.1. The largest absolute Gasteiger partial charge is 0.497 e. The lowest BCUT2D eigenvalue weighted by molar-refractivity contribution is 0.0972. The summed E-state index contributed by atoms with van der Waals surface area (Å²) in [6.07, 6.45) is 5.37. The number of carbonyl (C=O) groups is 1. The molecule has 2 aromatic heterocycles. The van der Waals surface area contributed by atoms with Gasteiger partial charge in [0.1, 0.15) is 5.75 Å². The molecule has 1 saturated carbocycles. The smallest absolute Gasteiger partial charge is 0.267 e. The Bertz CT molecular complexity index is 1390. The molecule has 1 atom stereocenters. The van der Waals surface area contributed by atoms with Gasteiger partial charge >= 0.3 is 0 Å². The zero-order valence-electron chi connectivity index (χ0n) is 19.4. The SMILES string of the molecule is COc1ccc2[nH]c(C)c(C(C(=O)c3ccc(Cl)cc3)c3cc(=O)n(C4CCCCC4)[nH]3)c2c1. The number of fused-ring (bicyclic) bond motifs is 1. The molecule has 0 saturated heterocycles. The van der Waals surface area contributed by atoms with Crippen molar-refractivity contribution in [2.45, 2.75) is 51.0 Å². The molecule has 0 bridgehead atoms. The Morgan fingerprint density at radius 3 is 2.53 bits per heavy atom. The number of benzene rings is 2. The molecule has 0 aliphatic heterocycles. The van der Waals surface area contributed by atoms with E-state index in [-0.39, 0.29) is 17.4 Å². The van der Waals surface area contributed by atoms with E-state index in [4.69, 9.17) is 16.3 Å². The fourth-order valence-corrected chi connectivity index (χ4v) is 5.35. The van der Waals surface area contributed by atoms with Gasteiger partial charge in [0.2, 0.25) is 0 Å². The number of hydrogen-bond acceptors (Lipinski definition) is 3. The Labute approximate surface area is 202 Å². The van der Waals surface area contributed by atoms with Gasteiger partial charge in [0, 0.05) is 33.2 Å². The van der Waals surface area contributed by atoms with E-state index in [2.05, 4.69) is 10.1 Å². The van der Waals surface area contributed by atoms with Crippen molar-refractivity contribution in [3.05, 3.63) is 86.4 Å². The Morgan fingerprint density at radius 2 is 1.82 bits per heavy atom. The average Bonchev–Trinajstić information content (AvgIpc) is 3.39. The average molecular weight is 478 g/mol. The van der Waals surface area contributed by atoms with Crippen LogP contribution in [-0.2, 0) is 0 Å². The number of aryl methyl sites for hydroxylation is 1. The van der Waals surface area contributed by atoms with Gasteiger partial charge in [-0.3, -0.25) is 14.7 Å². The molecule has 7 heteroatoms. The predicted octanol–water partition coefficient (Wildman–Crippen LogP) is 6.15. The number of carbonyl (C=O) groups excluding carboxylic acids is 1. The first kappa shape index (κ1) is 22.5. The number of aromatic nitrogens is 3. The summed E-state index contributed by atoms with van der Waals surface area (Å²) in [6.45, 7) is 1.96. The van der Waals surface area contributed by atoms with Crippen molar-refractivity contribution in [2.75, 3.05) is 7.11 Å². The molecule has 1 aliphatic carbocycles. The van der Waals surface area contributed by atoms with Crippen molar-refractivity contribution in [1.82, 2.24) is 14.8 Å². The van der Waals surface area contributed by atoms with Crippen molar-refractivity contribution < 1.29 is 9.53 Å². The minimum Gasteiger partial charge on any atom is -0.497 e. The van der Waals surface area contributed by atoms with Gasteiger partial charge in [-0.2, -0.15) is 0 Å². The van der Waals surface area contributed by atoms with Crippen molar-refractivity contribution in [1.29, 1.82) is 0 Å². The van der Waals surface area contributed by atoms with Gasteiger partial charge in [-0.05, 0) is 67.8 Å². The van der Waals surface area contributed by atoms with E-state index in [1.165, 1.54) is 6.42 Å². The molecule has 34 heavy (non-hydrogen) atoms. The highest BCUT2D eigenvalue weighted by atomic mass is 35.5. The van der Waals surface area contributed by atoms with Crippen molar-refractivity contribution in [2.24, 2.45) is 0 Å². The summed E-state index contributed by atoms with van der Waals surface area (Å²) in [7, 11) is 1.62. The molecular formula is C27H28ClN3O3. The summed E-state index contributed by atoms with van der Waals surface area (Å²) >= 11 is 6.08. The summed E-state index contributed by atoms with van der Waals surface area (Å²) in [5, 5.41) is 4.80. The fourth-order valence-electron chi connectivity index (χ4n) is 5.22. The van der Waals surface area contributed by atoms with Crippen LogP contribution in [-0.4, -0.2) is 27.7 Å². The molecular weight excluding hydrogens is 450 g/mol. The van der Waals surface area contributed by atoms with Gasteiger partial charge in [-0.1, -0.05) is 30.9 Å². The molecule has 176 valence electrons. The van der Waals surface area contributed by atoms with E-state index >= 15 is 0 Å². The standard InChI is InChI=1S/C27H28ClN3O3/c1-16-25(21-14-20(34-2)12-13-22(21)29-16)26(27(33)17-8-10-18(28)11-9-17)23-15-24(32)31(30-23)19-6-4-3-5-7-19/h8-15,19,26,29-30H,3-7H2,1-2H3. The highest BCUT2D eigenvalue weighted by molar-refractivity contribution is 6.30. The van der Waals surface area contributed by atoms with Crippen LogP contribution in [0.5, 0.6) is 5.75 Å². The maximum Gasteiger partial charge on any atom is 0.267 e. The Kier molecular flexibility index (Phi) is 6.09. The van der Waals surface area contributed by atoms with Crippen LogP contribution in [0.1, 0.15) is 71.4 Å². The maximum atomic E-state index is 14.0. The number of rotatable bonds is 6. The number of ether oxygens (including phenoxy) is 1. The van der Waals surface area contributed by atoms with Crippen LogP contribution in [0.3, 0.4) is 0 Å². The van der Waals surface area contributed by atoms with E-state index < -0.39 is 5.92 Å². The van der Waals surface area contributed by atoms with E-state index in [1.54, 1.807) is 42.1 Å². The number of nitrogens with zero attached hydrogens (tertiary/aromatic N) is 1. The van der Waals surface area contributed by atoms with Crippen LogP contribution >= 0.6 is 11.6 Å². The molecule has 5 rings (SSSR count). The first-order valence-electron chi connectivity index (χ1n) is 11.7. The minimum absolute atomic E-state index is 0.0918. The van der Waals surface area contributed by atoms with E-state index in [9.17, 15) is 9.59 Å². The Morgan fingerprint density at radius 1 is 1.09 bits per heavy atom. The van der Waals surface area contributed by atoms with Gasteiger partial charge in [0.05, 0.1) is 24.8 Å². The zero-order valence-corrected chi connectivity index (χ0v) is 20.1. The highest BCUT2D eigenvalue weighted by Crippen LogP contribution is 2.37. The summed E-state index contributed by atoms with van der Waals surface area (Å²) in [5.74, 6) is -0.0705. The summed E-state index contributed by atoms with van der Waals surface area (Å²) in [4.78, 5) is 30.4. The Hall–Kier alpha value is -3.25. The number of ketones is 1. The van der Waals surface area contributed by atoms with E-state index in [1.807, 2.05) is 25.1 Å². The summed E-state index contributed by atoms with van der Waals surface area (Å²) in [5.41, 5.74) is 3.68. The second kappa shape index (κ2) is 9.18. The van der Waals surface area contributed by atoms with Crippen LogP contribution in [0.4, 0.5) is 0 Å². The topological polar surface area (TPSA) is 79.9 Å². The number of nitrogens with one attached hydrogen (secondary N) is 2. The van der Waals surface area contributed by atoms with Gasteiger partial charge in [0.25, 0.3) is 5.56 Å². The van der Waals surface area contributed by atoms with Gasteiger partial charge in [-0.25, -0.2) is 4.68 Å². The highest BCUT2D eigenvalue weighted by Gasteiger charge is 2.31. The number of hydrogen-bond donors (Lipinski definition) is 2. The number of methoxy groups -OCH3 is 1. The molecule has 0 amide bonds. The molecule has 2 N–H and O–H groups in total. The van der Waals surface area contributed by atoms with Crippen LogP contribution in [0.2, 0.25) is 5.02 Å². The third-order valence-corrected chi connectivity index (χ3v) is 7.19. The third-order valence-electron chi connectivity index (χ3n) is 6.94. The second-order valence-corrected chi connectivity index (χ2v) is 9.53. The quantitative estimate of drug-likeness (QED) is 0.327. The molecule has 2 heterocycles. The fraction of sp³-hybridized carbons (Fsp3) is 0.333. The van der Waals surface area contributed by atoms with E-state index in [0.717, 1.165) is 47.8 Å². The van der Waals surface area contributed by atoms with Gasteiger partial charge in [-0.15, -0.1) is 0 Å². The Balaban J connectivity index is 1.69. The molecule has 0 spiro atoms.